The molecule has 4 rings (SSSR count). The Bertz CT molecular complexity index is 815. The summed E-state index contributed by atoms with van der Waals surface area (Å²) in [6.45, 7) is 2.29. The van der Waals surface area contributed by atoms with Crippen LogP contribution in [0.1, 0.15) is 45.4 Å². The van der Waals surface area contributed by atoms with Crippen LogP contribution in [0.4, 0.5) is 0 Å². The van der Waals surface area contributed by atoms with Gasteiger partial charge in [0.25, 0.3) is 5.91 Å². The zero-order chi connectivity index (χ0) is 15.1. The summed E-state index contributed by atoms with van der Waals surface area (Å²) in [5, 5.41) is 12.1. The number of hydrogen-bond acceptors (Lipinski definition) is 6. The maximum absolute atomic E-state index is 12.3. The van der Waals surface area contributed by atoms with Gasteiger partial charge in [0.2, 0.25) is 10.7 Å². The molecule has 3 heterocycles. The lowest BCUT2D eigenvalue weighted by molar-refractivity contribution is 0.0912. The van der Waals surface area contributed by atoms with E-state index in [9.17, 15) is 4.79 Å². The second-order valence-corrected chi connectivity index (χ2v) is 6.57. The minimum atomic E-state index is -0.226. The molecule has 0 aliphatic heterocycles. The predicted molar refractivity (Wildman–Crippen MR) is 79.9 cm³/mol. The van der Waals surface area contributed by atoms with Gasteiger partial charge in [-0.15, -0.1) is 0 Å². The lowest BCUT2D eigenvalue weighted by atomic mass is 9.96. The quantitative estimate of drug-likeness (QED) is 0.797. The maximum Gasteiger partial charge on any atom is 0.290 e. The first-order chi connectivity index (χ1) is 10.7. The Balaban J connectivity index is 1.47. The summed E-state index contributed by atoms with van der Waals surface area (Å²) in [4.78, 5) is 17.5. The lowest BCUT2D eigenvalue weighted by Crippen LogP contribution is -2.24. The van der Waals surface area contributed by atoms with Crippen molar-refractivity contribution in [1.82, 2.24) is 25.1 Å². The molecule has 0 atom stereocenters. The summed E-state index contributed by atoms with van der Waals surface area (Å²) < 4.78 is 6.96. The first-order valence-corrected chi connectivity index (χ1v) is 8.09. The van der Waals surface area contributed by atoms with E-state index in [4.69, 9.17) is 4.52 Å². The van der Waals surface area contributed by atoms with Crippen molar-refractivity contribution in [3.05, 3.63) is 33.9 Å². The van der Waals surface area contributed by atoms with E-state index in [2.05, 4.69) is 20.6 Å². The highest BCUT2D eigenvalue weighted by Gasteiger charge is 2.24. The van der Waals surface area contributed by atoms with E-state index in [-0.39, 0.29) is 5.91 Å². The van der Waals surface area contributed by atoms with Gasteiger partial charge in [0.15, 0.2) is 0 Å². The second-order valence-electron chi connectivity index (χ2n) is 5.41. The number of nitrogens with zero attached hydrogens (tertiary/aromatic N) is 4. The number of hydrogen-bond donors (Lipinski definition) is 1. The molecule has 22 heavy (non-hydrogen) atoms. The highest BCUT2D eigenvalue weighted by Crippen LogP contribution is 2.23. The van der Waals surface area contributed by atoms with Crippen molar-refractivity contribution in [1.29, 1.82) is 0 Å². The number of aromatic nitrogens is 4. The Labute approximate surface area is 130 Å². The van der Waals surface area contributed by atoms with Gasteiger partial charge in [-0.1, -0.05) is 16.5 Å². The lowest BCUT2D eigenvalue weighted by Gasteiger charge is -2.08. The molecule has 0 fully saturated rings. The molecule has 1 aliphatic carbocycles. The fourth-order valence-corrected chi connectivity index (χ4v) is 3.49. The number of fused-ring (bicyclic) bond motifs is 2. The molecule has 7 nitrogen and oxygen atoms in total. The highest BCUT2D eigenvalue weighted by molar-refractivity contribution is 7.16. The van der Waals surface area contributed by atoms with Crippen LogP contribution in [0, 0.1) is 6.92 Å². The van der Waals surface area contributed by atoms with Crippen LogP contribution in [-0.2, 0) is 19.4 Å². The van der Waals surface area contributed by atoms with Crippen molar-refractivity contribution < 1.29 is 9.32 Å². The van der Waals surface area contributed by atoms with Crippen LogP contribution in [0.25, 0.3) is 4.96 Å². The van der Waals surface area contributed by atoms with Gasteiger partial charge in [0.05, 0.1) is 24.1 Å². The van der Waals surface area contributed by atoms with E-state index in [1.54, 1.807) is 4.52 Å². The number of amides is 1. The van der Waals surface area contributed by atoms with Gasteiger partial charge >= 0.3 is 0 Å². The number of carbonyl (C=O) groups is 1. The number of imidazole rings is 1. The molecule has 1 N–H and O–H groups in total. The molecule has 1 aliphatic rings. The molecule has 0 radical (unpaired) electrons. The van der Waals surface area contributed by atoms with E-state index < -0.39 is 0 Å². The van der Waals surface area contributed by atoms with Crippen LogP contribution < -0.4 is 5.32 Å². The van der Waals surface area contributed by atoms with E-state index >= 15 is 0 Å². The minimum Gasteiger partial charge on any atom is -0.350 e. The van der Waals surface area contributed by atoms with Crippen molar-refractivity contribution in [3.63, 3.8) is 0 Å². The third kappa shape index (κ3) is 2.29. The molecule has 3 aromatic heterocycles. The first kappa shape index (κ1) is 13.4. The molecular formula is C14H15N5O2S. The third-order valence-electron chi connectivity index (χ3n) is 3.79. The summed E-state index contributed by atoms with van der Waals surface area (Å²) in [5.74, 6) is 0.126. The van der Waals surface area contributed by atoms with Gasteiger partial charge in [-0.2, -0.15) is 5.10 Å². The molecule has 0 bridgehead atoms. The largest absolute Gasteiger partial charge is 0.350 e. The van der Waals surface area contributed by atoms with Crippen LogP contribution in [-0.4, -0.2) is 25.7 Å². The van der Waals surface area contributed by atoms with Gasteiger partial charge in [-0.25, -0.2) is 9.50 Å². The number of nitrogens with one attached hydrogen (secondary N) is 1. The molecule has 114 valence electrons. The van der Waals surface area contributed by atoms with Crippen LogP contribution in [0.15, 0.2) is 10.7 Å². The van der Waals surface area contributed by atoms with Crippen LogP contribution >= 0.6 is 11.3 Å². The van der Waals surface area contributed by atoms with Crippen LogP contribution in [0.3, 0.4) is 0 Å². The van der Waals surface area contributed by atoms with Crippen molar-refractivity contribution >= 4 is 22.2 Å². The SMILES string of the molecule is Cc1nn2cc(CNC(=O)c3onc4c3CCCC4)nc2s1. The second kappa shape index (κ2) is 5.20. The maximum atomic E-state index is 12.3. The molecule has 0 saturated heterocycles. The summed E-state index contributed by atoms with van der Waals surface area (Å²) in [6.07, 6.45) is 5.78. The third-order valence-corrected chi connectivity index (χ3v) is 4.63. The molecule has 0 saturated carbocycles. The number of rotatable bonds is 3. The van der Waals surface area contributed by atoms with Crippen LogP contribution in [0.5, 0.6) is 0 Å². The monoisotopic (exact) mass is 317 g/mol. The van der Waals surface area contributed by atoms with E-state index in [0.717, 1.165) is 52.6 Å². The summed E-state index contributed by atoms with van der Waals surface area (Å²) in [6, 6.07) is 0. The van der Waals surface area contributed by atoms with Gasteiger partial charge in [-0.3, -0.25) is 4.79 Å². The average Bonchev–Trinajstić information content (AvgIpc) is 3.16. The number of aryl methyl sites for hydroxylation is 2. The van der Waals surface area contributed by atoms with E-state index in [1.165, 1.54) is 11.3 Å². The molecule has 8 heteroatoms. The zero-order valence-corrected chi connectivity index (χ0v) is 12.9. The van der Waals surface area contributed by atoms with Gasteiger partial charge in [0, 0.05) is 5.56 Å². The van der Waals surface area contributed by atoms with Crippen molar-refractivity contribution in [3.8, 4) is 0 Å². The molecule has 3 aromatic rings. The Kier molecular flexibility index (Phi) is 3.18. The molecule has 1 amide bonds. The molecule has 0 spiro atoms. The summed E-state index contributed by atoms with van der Waals surface area (Å²) in [5.41, 5.74) is 2.67. The van der Waals surface area contributed by atoms with Crippen molar-refractivity contribution in [2.45, 2.75) is 39.2 Å². The van der Waals surface area contributed by atoms with E-state index in [0.29, 0.717) is 12.3 Å². The Hall–Kier alpha value is -2.22. The smallest absolute Gasteiger partial charge is 0.290 e. The standard InChI is InChI=1S/C14H15N5O2S/c1-8-17-19-7-9(16-14(19)22-8)6-15-13(20)12-10-4-2-3-5-11(10)18-21-12/h7H,2-6H2,1H3,(H,15,20). The van der Waals surface area contributed by atoms with Gasteiger partial charge in [0.1, 0.15) is 5.01 Å². The predicted octanol–water partition coefficient (Wildman–Crippen LogP) is 1.90. The number of carbonyl (C=O) groups excluding carboxylic acids is 1. The Morgan fingerprint density at radius 2 is 2.32 bits per heavy atom. The van der Waals surface area contributed by atoms with Crippen molar-refractivity contribution in [2.24, 2.45) is 0 Å². The van der Waals surface area contributed by atoms with Gasteiger partial charge in [-0.05, 0) is 32.6 Å². The van der Waals surface area contributed by atoms with E-state index in [1.807, 2.05) is 13.1 Å². The van der Waals surface area contributed by atoms with Crippen LogP contribution in [0.2, 0.25) is 0 Å². The molecule has 0 aromatic carbocycles. The summed E-state index contributed by atoms with van der Waals surface area (Å²) in [7, 11) is 0. The highest BCUT2D eigenvalue weighted by atomic mass is 32.1. The first-order valence-electron chi connectivity index (χ1n) is 7.28. The summed E-state index contributed by atoms with van der Waals surface area (Å²) >= 11 is 1.52. The Morgan fingerprint density at radius 3 is 3.18 bits per heavy atom. The fourth-order valence-electron chi connectivity index (χ4n) is 2.75. The van der Waals surface area contributed by atoms with Crippen molar-refractivity contribution in [2.75, 3.05) is 0 Å². The normalized spacial score (nSPS) is 14.2. The molecule has 0 unspecified atom stereocenters. The zero-order valence-electron chi connectivity index (χ0n) is 12.1. The fraction of sp³-hybridized carbons (Fsp3) is 0.429. The molecular weight excluding hydrogens is 302 g/mol. The Morgan fingerprint density at radius 1 is 1.45 bits per heavy atom. The average molecular weight is 317 g/mol. The topological polar surface area (TPSA) is 85.3 Å². The minimum absolute atomic E-state index is 0.226. The van der Waals surface area contributed by atoms with Gasteiger partial charge < -0.3 is 9.84 Å².